The van der Waals surface area contributed by atoms with E-state index in [4.69, 9.17) is 4.74 Å². The van der Waals surface area contributed by atoms with E-state index >= 15 is 0 Å². The molecule has 0 spiro atoms. The largest absolute Gasteiger partial charge is 0.452 e. The lowest BCUT2D eigenvalue weighted by atomic mass is 10.2. The maximum absolute atomic E-state index is 12.2. The molecule has 0 fully saturated rings. The second-order valence-electron chi connectivity index (χ2n) is 6.30. The summed E-state index contributed by atoms with van der Waals surface area (Å²) in [4.78, 5) is 24.9. The van der Waals surface area contributed by atoms with Crippen molar-refractivity contribution < 1.29 is 14.3 Å². The molecule has 1 amide bonds. The van der Waals surface area contributed by atoms with Crippen LogP contribution in [0.4, 0.5) is 5.69 Å². The number of esters is 1. The zero-order chi connectivity index (χ0) is 20.1. The van der Waals surface area contributed by atoms with E-state index in [0.717, 1.165) is 21.8 Å². The summed E-state index contributed by atoms with van der Waals surface area (Å²) in [5.41, 5.74) is 4.19. The molecule has 28 heavy (non-hydrogen) atoms. The molecule has 0 aliphatic heterocycles. The Balaban J connectivity index is 1.61. The number of carbonyl (C=O) groups excluding carboxylic acids is 2. The Morgan fingerprint density at radius 2 is 1.93 bits per heavy atom. The summed E-state index contributed by atoms with van der Waals surface area (Å²) in [6, 6.07) is 11.7. The van der Waals surface area contributed by atoms with Gasteiger partial charge in [0.2, 0.25) is 0 Å². The molecule has 0 bridgehead atoms. The van der Waals surface area contributed by atoms with Crippen molar-refractivity contribution in [3.05, 3.63) is 69.7 Å². The van der Waals surface area contributed by atoms with Gasteiger partial charge in [0.1, 0.15) is 0 Å². The molecule has 1 N–H and O–H groups in total. The van der Waals surface area contributed by atoms with Crippen molar-refractivity contribution in [2.75, 3.05) is 11.9 Å². The third-order valence-electron chi connectivity index (χ3n) is 4.11. The van der Waals surface area contributed by atoms with Crippen molar-refractivity contribution in [2.24, 2.45) is 0 Å². The summed E-state index contributed by atoms with van der Waals surface area (Å²) >= 11 is 1.51. The molecule has 3 rings (SSSR count). The van der Waals surface area contributed by atoms with Crippen LogP contribution in [0.1, 0.15) is 21.8 Å². The molecule has 144 valence electrons. The zero-order valence-electron chi connectivity index (χ0n) is 15.9. The van der Waals surface area contributed by atoms with Crippen LogP contribution in [0, 0.1) is 20.8 Å². The van der Waals surface area contributed by atoms with E-state index in [9.17, 15) is 9.59 Å². The number of amides is 1. The maximum Gasteiger partial charge on any atom is 0.331 e. The van der Waals surface area contributed by atoms with Crippen LogP contribution in [0.2, 0.25) is 0 Å². The fourth-order valence-electron chi connectivity index (χ4n) is 2.66. The molecule has 7 heteroatoms. The smallest absolute Gasteiger partial charge is 0.331 e. The average Bonchev–Trinajstić information content (AvgIpc) is 3.29. The Morgan fingerprint density at radius 3 is 2.61 bits per heavy atom. The average molecular weight is 395 g/mol. The van der Waals surface area contributed by atoms with Gasteiger partial charge in [-0.2, -0.15) is 5.10 Å². The van der Waals surface area contributed by atoms with Gasteiger partial charge in [0.05, 0.1) is 22.8 Å². The Kier molecular flexibility index (Phi) is 6.06. The highest BCUT2D eigenvalue weighted by Crippen LogP contribution is 2.23. The lowest BCUT2D eigenvalue weighted by Gasteiger charge is -2.07. The Morgan fingerprint density at radius 1 is 1.18 bits per heavy atom. The molecule has 0 atom stereocenters. The van der Waals surface area contributed by atoms with Gasteiger partial charge in [0, 0.05) is 11.0 Å². The van der Waals surface area contributed by atoms with Crippen molar-refractivity contribution in [3.8, 4) is 5.69 Å². The van der Waals surface area contributed by atoms with E-state index in [-0.39, 0.29) is 6.61 Å². The van der Waals surface area contributed by atoms with Crippen molar-refractivity contribution in [1.82, 2.24) is 9.78 Å². The number of hydrogen-bond donors (Lipinski definition) is 1. The van der Waals surface area contributed by atoms with E-state index in [1.165, 1.54) is 17.4 Å². The molecule has 6 nitrogen and oxygen atoms in total. The Bertz CT molecular complexity index is 1000. The summed E-state index contributed by atoms with van der Waals surface area (Å²) in [7, 11) is 0. The van der Waals surface area contributed by atoms with E-state index in [1.807, 2.05) is 62.5 Å². The van der Waals surface area contributed by atoms with Gasteiger partial charge < -0.3 is 10.1 Å². The number of thiophene rings is 1. The maximum atomic E-state index is 12.2. The quantitative estimate of drug-likeness (QED) is 0.505. The van der Waals surface area contributed by atoms with Crippen LogP contribution in [-0.2, 0) is 14.3 Å². The van der Waals surface area contributed by atoms with Crippen LogP contribution in [0.25, 0.3) is 11.8 Å². The number of anilines is 1. The number of aryl methyl sites for hydroxylation is 2. The second kappa shape index (κ2) is 8.67. The molecule has 0 radical (unpaired) electrons. The predicted molar refractivity (Wildman–Crippen MR) is 111 cm³/mol. The number of hydrogen-bond acceptors (Lipinski definition) is 5. The van der Waals surface area contributed by atoms with Gasteiger partial charge >= 0.3 is 5.97 Å². The Hall–Kier alpha value is -3.19. The van der Waals surface area contributed by atoms with Gasteiger partial charge in [-0.25, -0.2) is 9.48 Å². The minimum Gasteiger partial charge on any atom is -0.452 e. The van der Waals surface area contributed by atoms with Gasteiger partial charge in [-0.1, -0.05) is 23.8 Å². The number of aromatic nitrogens is 2. The molecule has 3 aromatic rings. The fourth-order valence-corrected chi connectivity index (χ4v) is 3.28. The molecule has 0 aliphatic carbocycles. The number of carbonyl (C=O) groups is 2. The van der Waals surface area contributed by atoms with Crippen molar-refractivity contribution in [1.29, 1.82) is 0 Å². The van der Waals surface area contributed by atoms with Crippen LogP contribution < -0.4 is 5.32 Å². The van der Waals surface area contributed by atoms with Crippen LogP contribution in [0.3, 0.4) is 0 Å². The molecule has 0 aliphatic rings. The van der Waals surface area contributed by atoms with Crippen LogP contribution in [0.5, 0.6) is 0 Å². The first kappa shape index (κ1) is 19.6. The summed E-state index contributed by atoms with van der Waals surface area (Å²) < 4.78 is 6.78. The third kappa shape index (κ3) is 4.75. The van der Waals surface area contributed by atoms with Gasteiger partial charge in [-0.05, 0) is 50.4 Å². The number of nitrogens with one attached hydrogen (secondary N) is 1. The van der Waals surface area contributed by atoms with Gasteiger partial charge in [0.25, 0.3) is 5.91 Å². The molecule has 0 unspecified atom stereocenters. The normalized spacial score (nSPS) is 11.0. The van der Waals surface area contributed by atoms with E-state index in [1.54, 1.807) is 10.8 Å². The summed E-state index contributed by atoms with van der Waals surface area (Å²) in [5.74, 6) is -0.972. The summed E-state index contributed by atoms with van der Waals surface area (Å²) in [5, 5.41) is 9.20. The highest BCUT2D eigenvalue weighted by molar-refractivity contribution is 7.10. The summed E-state index contributed by atoms with van der Waals surface area (Å²) in [6.45, 7) is 5.37. The fraction of sp³-hybridized carbons (Fsp3) is 0.190. The van der Waals surface area contributed by atoms with Crippen LogP contribution >= 0.6 is 11.3 Å². The molecule has 2 aromatic heterocycles. The zero-order valence-corrected chi connectivity index (χ0v) is 16.7. The van der Waals surface area contributed by atoms with Crippen molar-refractivity contribution in [3.63, 3.8) is 0 Å². The molecular formula is C21H21N3O3S. The van der Waals surface area contributed by atoms with Crippen LogP contribution in [0.15, 0.2) is 47.9 Å². The second-order valence-corrected chi connectivity index (χ2v) is 7.28. The topological polar surface area (TPSA) is 73.2 Å². The van der Waals surface area contributed by atoms with E-state index in [2.05, 4.69) is 10.4 Å². The lowest BCUT2D eigenvalue weighted by Crippen LogP contribution is -2.20. The van der Waals surface area contributed by atoms with Crippen molar-refractivity contribution in [2.45, 2.75) is 20.8 Å². The first-order chi connectivity index (χ1) is 13.4. The van der Waals surface area contributed by atoms with Gasteiger partial charge in [0.15, 0.2) is 6.61 Å². The van der Waals surface area contributed by atoms with Gasteiger partial charge in [-0.15, -0.1) is 11.3 Å². The highest BCUT2D eigenvalue weighted by atomic mass is 32.1. The standard InChI is InChI=1S/C21H21N3O3S/c1-14-6-8-17(9-7-14)24-16(3)21(15(2)23-24)22-19(25)13-27-20(26)11-10-18-5-4-12-28-18/h4-12H,13H2,1-3H3,(H,22,25)/b11-10+. The Labute approximate surface area is 167 Å². The van der Waals surface area contributed by atoms with Gasteiger partial charge in [-0.3, -0.25) is 4.79 Å². The summed E-state index contributed by atoms with van der Waals surface area (Å²) in [6.07, 6.45) is 2.97. The van der Waals surface area contributed by atoms with Crippen LogP contribution in [-0.4, -0.2) is 28.3 Å². The minimum atomic E-state index is -0.563. The molecule has 0 saturated heterocycles. The first-order valence-corrected chi connectivity index (χ1v) is 9.63. The predicted octanol–water partition coefficient (Wildman–Crippen LogP) is 4.05. The molecule has 1 aromatic carbocycles. The minimum absolute atomic E-state index is 0.359. The number of rotatable bonds is 6. The lowest BCUT2D eigenvalue weighted by molar-refractivity contribution is -0.142. The molecular weight excluding hydrogens is 374 g/mol. The number of nitrogens with zero attached hydrogens (tertiary/aromatic N) is 2. The third-order valence-corrected chi connectivity index (χ3v) is 4.94. The monoisotopic (exact) mass is 395 g/mol. The first-order valence-electron chi connectivity index (χ1n) is 8.75. The number of ether oxygens (including phenoxy) is 1. The van der Waals surface area contributed by atoms with E-state index < -0.39 is 11.9 Å². The van der Waals surface area contributed by atoms with Crippen molar-refractivity contribution >= 4 is 35.0 Å². The van der Waals surface area contributed by atoms with E-state index in [0.29, 0.717) is 11.4 Å². The molecule has 2 heterocycles. The molecule has 0 saturated carbocycles. The highest BCUT2D eigenvalue weighted by Gasteiger charge is 2.16. The number of benzene rings is 1. The SMILES string of the molecule is Cc1ccc(-n2nc(C)c(NC(=O)COC(=O)/C=C/c3cccs3)c2C)cc1.